The van der Waals surface area contributed by atoms with Crippen molar-refractivity contribution in [3.8, 4) is 0 Å². The molecule has 9 heteroatoms. The van der Waals surface area contributed by atoms with Crippen molar-refractivity contribution in [2.75, 3.05) is 6.54 Å². The molecule has 0 spiro atoms. The molecule has 2 N–H and O–H groups in total. The summed E-state index contributed by atoms with van der Waals surface area (Å²) in [7, 11) is 0. The van der Waals surface area contributed by atoms with Gasteiger partial charge in [0, 0.05) is 35.7 Å². The largest absolute Gasteiger partial charge is 0.356 e. The summed E-state index contributed by atoms with van der Waals surface area (Å²) in [5.74, 6) is -0.122. The molecule has 7 nitrogen and oxygen atoms in total. The number of fused-ring (bicyclic) bond motifs is 1. The molecule has 1 saturated carbocycles. The van der Waals surface area contributed by atoms with E-state index in [0.29, 0.717) is 35.4 Å². The van der Waals surface area contributed by atoms with Gasteiger partial charge in [-0.15, -0.1) is 0 Å². The van der Waals surface area contributed by atoms with Crippen LogP contribution in [0.4, 0.5) is 0 Å². The minimum Gasteiger partial charge on any atom is -0.356 e. The number of benzene rings is 1. The monoisotopic (exact) mass is 452 g/mol. The van der Waals surface area contributed by atoms with Crippen molar-refractivity contribution in [2.45, 2.75) is 64.3 Å². The third kappa shape index (κ3) is 5.34. The maximum absolute atomic E-state index is 12.5. The summed E-state index contributed by atoms with van der Waals surface area (Å²) in [5, 5.41) is 19.2. The fourth-order valence-corrected chi connectivity index (χ4v) is 4.66. The van der Waals surface area contributed by atoms with E-state index in [-0.39, 0.29) is 18.6 Å². The second-order valence-corrected chi connectivity index (χ2v) is 8.81. The summed E-state index contributed by atoms with van der Waals surface area (Å²) < 4.78 is 7.50. The molecule has 2 aromatic rings. The third-order valence-corrected chi connectivity index (χ3v) is 6.04. The van der Waals surface area contributed by atoms with E-state index in [4.69, 9.17) is 27.9 Å². The molecule has 0 bridgehead atoms. The van der Waals surface area contributed by atoms with Gasteiger partial charge in [0.25, 0.3) is 5.91 Å². The Balaban J connectivity index is 1.37. The minimum atomic E-state index is -1.08. The van der Waals surface area contributed by atoms with E-state index in [1.165, 1.54) is 12.8 Å². The zero-order chi connectivity index (χ0) is 21.1. The van der Waals surface area contributed by atoms with Crippen LogP contribution < -0.4 is 5.32 Å². The molecule has 1 atom stereocenters. The van der Waals surface area contributed by atoms with Crippen LogP contribution >= 0.6 is 23.2 Å². The smallest absolute Gasteiger partial charge is 0.272 e. The highest BCUT2D eigenvalue weighted by atomic mass is 35.5. The van der Waals surface area contributed by atoms with Crippen LogP contribution in [-0.4, -0.2) is 44.7 Å². The standard InChI is InChI=1S/C21H26Cl2N4O3/c22-15-8-14(9-16(23)10-15)13-30-21(29)26-6-3-7-27-18(12-26)11-19(25-27)20(28)24-17-4-1-2-5-17/h8-11,17,21,29H,1-7,12-13H2,(H,24,28). The lowest BCUT2D eigenvalue weighted by atomic mass is 10.2. The van der Waals surface area contributed by atoms with Crippen LogP contribution in [0.3, 0.4) is 0 Å². The molecule has 1 aliphatic heterocycles. The summed E-state index contributed by atoms with van der Waals surface area (Å²) in [6.07, 6.45) is 4.11. The average molecular weight is 453 g/mol. The zero-order valence-corrected chi connectivity index (χ0v) is 18.2. The van der Waals surface area contributed by atoms with Gasteiger partial charge in [-0.2, -0.15) is 5.10 Å². The number of ether oxygens (including phenoxy) is 1. The average Bonchev–Trinajstić information content (AvgIpc) is 3.31. The van der Waals surface area contributed by atoms with E-state index < -0.39 is 6.41 Å². The van der Waals surface area contributed by atoms with Crippen LogP contribution in [0, 0.1) is 0 Å². The number of hydrogen-bond acceptors (Lipinski definition) is 5. The number of amides is 1. The fraction of sp³-hybridized carbons (Fsp3) is 0.524. The lowest BCUT2D eigenvalue weighted by Gasteiger charge is -2.25. The summed E-state index contributed by atoms with van der Waals surface area (Å²) in [6.45, 7) is 1.98. The molecule has 0 saturated heterocycles. The molecule has 2 heterocycles. The molecule has 162 valence electrons. The molecule has 4 rings (SSSR count). The van der Waals surface area contributed by atoms with E-state index >= 15 is 0 Å². The Morgan fingerprint density at radius 3 is 2.63 bits per heavy atom. The van der Waals surface area contributed by atoms with Crippen molar-refractivity contribution in [2.24, 2.45) is 0 Å². The number of carbonyl (C=O) groups is 1. The van der Waals surface area contributed by atoms with Gasteiger partial charge in [0.1, 0.15) is 5.69 Å². The van der Waals surface area contributed by atoms with Crippen LogP contribution in [0.25, 0.3) is 0 Å². The zero-order valence-electron chi connectivity index (χ0n) is 16.7. The minimum absolute atomic E-state index is 0.122. The van der Waals surface area contributed by atoms with Crippen LogP contribution in [0.2, 0.25) is 10.0 Å². The highest BCUT2D eigenvalue weighted by Gasteiger charge is 2.25. The maximum Gasteiger partial charge on any atom is 0.272 e. The normalized spacial score (nSPS) is 18.8. The van der Waals surface area contributed by atoms with Crippen LogP contribution in [0.15, 0.2) is 24.3 Å². The molecule has 1 aromatic heterocycles. The van der Waals surface area contributed by atoms with Crippen molar-refractivity contribution in [1.82, 2.24) is 20.0 Å². The number of nitrogens with one attached hydrogen (secondary N) is 1. The molecule has 2 aliphatic rings. The summed E-state index contributed by atoms with van der Waals surface area (Å²) in [6, 6.07) is 7.23. The number of carbonyl (C=O) groups excluding carboxylic acids is 1. The van der Waals surface area contributed by atoms with Gasteiger partial charge in [0.2, 0.25) is 6.41 Å². The van der Waals surface area contributed by atoms with E-state index in [0.717, 1.165) is 30.5 Å². The molecule has 1 aromatic carbocycles. The number of aryl methyl sites for hydroxylation is 1. The fourth-order valence-electron chi connectivity index (χ4n) is 4.09. The van der Waals surface area contributed by atoms with Crippen LogP contribution in [-0.2, 0) is 24.4 Å². The lowest BCUT2D eigenvalue weighted by molar-refractivity contribution is -0.203. The van der Waals surface area contributed by atoms with Gasteiger partial charge in [-0.3, -0.25) is 9.48 Å². The first kappa shape index (κ1) is 21.6. The van der Waals surface area contributed by atoms with E-state index in [2.05, 4.69) is 10.4 Å². The van der Waals surface area contributed by atoms with Crippen molar-refractivity contribution in [3.63, 3.8) is 0 Å². The van der Waals surface area contributed by atoms with Gasteiger partial charge in [-0.05, 0) is 49.1 Å². The first-order chi connectivity index (χ1) is 14.5. The van der Waals surface area contributed by atoms with Gasteiger partial charge in [0.15, 0.2) is 0 Å². The van der Waals surface area contributed by atoms with Crippen molar-refractivity contribution in [3.05, 3.63) is 51.3 Å². The number of aliphatic hydroxyl groups is 1. The van der Waals surface area contributed by atoms with Gasteiger partial charge in [-0.25, -0.2) is 4.90 Å². The molecule has 0 radical (unpaired) electrons. The van der Waals surface area contributed by atoms with Gasteiger partial charge in [-0.1, -0.05) is 36.0 Å². The van der Waals surface area contributed by atoms with Gasteiger partial charge >= 0.3 is 0 Å². The second-order valence-electron chi connectivity index (χ2n) is 7.94. The quantitative estimate of drug-likeness (QED) is 0.654. The topological polar surface area (TPSA) is 79.6 Å². The van der Waals surface area contributed by atoms with Crippen LogP contribution in [0.5, 0.6) is 0 Å². The Labute approximate surface area is 185 Å². The number of aromatic nitrogens is 2. The Kier molecular flexibility index (Phi) is 6.95. The number of aliphatic hydroxyl groups excluding tert-OH is 1. The third-order valence-electron chi connectivity index (χ3n) is 5.60. The van der Waals surface area contributed by atoms with E-state index in [1.54, 1.807) is 18.2 Å². The highest BCUT2D eigenvalue weighted by molar-refractivity contribution is 6.34. The van der Waals surface area contributed by atoms with Crippen LogP contribution in [0.1, 0.15) is 53.8 Å². The number of nitrogens with zero attached hydrogens (tertiary/aromatic N) is 3. The predicted molar refractivity (Wildman–Crippen MR) is 114 cm³/mol. The van der Waals surface area contributed by atoms with Crippen molar-refractivity contribution < 1.29 is 14.6 Å². The first-order valence-corrected chi connectivity index (χ1v) is 11.1. The first-order valence-electron chi connectivity index (χ1n) is 10.3. The van der Waals surface area contributed by atoms with Crippen molar-refractivity contribution in [1.29, 1.82) is 0 Å². The summed E-state index contributed by atoms with van der Waals surface area (Å²) in [5.41, 5.74) is 2.11. The maximum atomic E-state index is 12.5. The SMILES string of the molecule is O=C(NC1CCCC1)c1cc2n(n1)CCCN(C(O)OCc1cc(Cl)cc(Cl)c1)C2. The molecule has 1 fully saturated rings. The molecular weight excluding hydrogens is 427 g/mol. The summed E-state index contributed by atoms with van der Waals surface area (Å²) >= 11 is 12.0. The molecule has 1 amide bonds. The van der Waals surface area contributed by atoms with E-state index in [1.807, 2.05) is 15.6 Å². The number of hydrogen-bond donors (Lipinski definition) is 2. The molecular formula is C21H26Cl2N4O3. The summed E-state index contributed by atoms with van der Waals surface area (Å²) in [4.78, 5) is 14.4. The van der Waals surface area contributed by atoms with E-state index in [9.17, 15) is 9.90 Å². The number of rotatable bonds is 6. The number of halogens is 2. The second kappa shape index (κ2) is 9.66. The van der Waals surface area contributed by atoms with Gasteiger partial charge < -0.3 is 15.2 Å². The highest BCUT2D eigenvalue weighted by Crippen LogP contribution is 2.22. The molecule has 30 heavy (non-hydrogen) atoms. The Morgan fingerprint density at radius 1 is 1.17 bits per heavy atom. The predicted octanol–water partition coefficient (Wildman–Crippen LogP) is 3.56. The van der Waals surface area contributed by atoms with Crippen molar-refractivity contribution >= 4 is 29.1 Å². The molecule has 1 aliphatic carbocycles. The Bertz CT molecular complexity index is 878. The Hall–Kier alpha value is -1.64. The van der Waals surface area contributed by atoms with Gasteiger partial charge in [0.05, 0.1) is 12.3 Å². The lowest BCUT2D eigenvalue weighted by Crippen LogP contribution is -2.36. The molecule has 1 unspecified atom stereocenters. The Morgan fingerprint density at radius 2 is 1.90 bits per heavy atom.